The largest absolute Gasteiger partial charge is 0.353 e. The Kier molecular flexibility index (Phi) is 8.09. The summed E-state index contributed by atoms with van der Waals surface area (Å²) in [5.74, 6) is 0.292. The van der Waals surface area contributed by atoms with E-state index in [4.69, 9.17) is 0 Å². The Morgan fingerprint density at radius 3 is 2.33 bits per heavy atom. The number of benzene rings is 1. The number of urea groups is 1. The highest BCUT2D eigenvalue weighted by Gasteiger charge is 2.25. The van der Waals surface area contributed by atoms with E-state index in [1.54, 1.807) is 4.90 Å². The lowest BCUT2D eigenvalue weighted by atomic mass is 10.1. The van der Waals surface area contributed by atoms with Crippen LogP contribution in [0.2, 0.25) is 0 Å². The maximum absolute atomic E-state index is 13.2. The highest BCUT2D eigenvalue weighted by atomic mass is 16.2. The molecule has 0 aliphatic heterocycles. The normalized spacial score (nSPS) is 11.1. The van der Waals surface area contributed by atoms with E-state index in [0.717, 1.165) is 22.5 Å². The van der Waals surface area contributed by atoms with Gasteiger partial charge in [0, 0.05) is 37.2 Å². The lowest BCUT2D eigenvalue weighted by molar-refractivity contribution is -0.133. The van der Waals surface area contributed by atoms with E-state index in [0.29, 0.717) is 19.0 Å². The molecule has 1 aromatic heterocycles. The van der Waals surface area contributed by atoms with Crippen molar-refractivity contribution in [2.75, 3.05) is 18.4 Å². The van der Waals surface area contributed by atoms with Crippen molar-refractivity contribution in [3.63, 3.8) is 0 Å². The second-order valence-electron chi connectivity index (χ2n) is 8.68. The van der Waals surface area contributed by atoms with E-state index in [9.17, 15) is 9.59 Å². The number of hydrogen-bond donors (Lipinski definition) is 1. The van der Waals surface area contributed by atoms with Crippen LogP contribution in [-0.4, -0.2) is 45.4 Å². The molecule has 0 fully saturated rings. The Morgan fingerprint density at radius 1 is 1.07 bits per heavy atom. The second kappa shape index (κ2) is 10.3. The molecule has 0 bridgehead atoms. The second-order valence-corrected chi connectivity index (χ2v) is 8.68. The maximum Gasteiger partial charge on any atom is 0.322 e. The molecule has 3 amide bonds. The lowest BCUT2D eigenvalue weighted by Gasteiger charge is -2.31. The van der Waals surface area contributed by atoms with E-state index in [1.807, 2.05) is 80.7 Å². The van der Waals surface area contributed by atoms with Crippen LogP contribution in [0.3, 0.4) is 0 Å². The monoisotopic (exact) mass is 412 g/mol. The first-order chi connectivity index (χ1) is 14.1. The summed E-state index contributed by atoms with van der Waals surface area (Å²) < 4.78 is 2.02. The highest BCUT2D eigenvalue weighted by molar-refractivity contribution is 5.93. The van der Waals surface area contributed by atoms with Gasteiger partial charge >= 0.3 is 6.03 Å². The van der Waals surface area contributed by atoms with Gasteiger partial charge in [0.1, 0.15) is 6.54 Å². The van der Waals surface area contributed by atoms with E-state index in [2.05, 4.69) is 19.2 Å². The number of anilines is 1. The van der Waals surface area contributed by atoms with Gasteiger partial charge in [-0.2, -0.15) is 0 Å². The maximum atomic E-state index is 13.2. The molecule has 1 heterocycles. The molecule has 0 unspecified atom stereocenters. The van der Waals surface area contributed by atoms with Gasteiger partial charge in [0.25, 0.3) is 0 Å². The molecule has 164 valence electrons. The predicted molar refractivity (Wildman–Crippen MR) is 122 cm³/mol. The summed E-state index contributed by atoms with van der Waals surface area (Å²) in [6.45, 7) is 13.3. The van der Waals surface area contributed by atoms with Crippen molar-refractivity contribution in [3.8, 4) is 0 Å². The van der Waals surface area contributed by atoms with Crippen LogP contribution in [0.4, 0.5) is 10.5 Å². The number of amides is 3. The molecule has 1 N–H and O–H groups in total. The van der Waals surface area contributed by atoms with Gasteiger partial charge in [0.15, 0.2) is 0 Å². The molecular weight excluding hydrogens is 376 g/mol. The van der Waals surface area contributed by atoms with Crippen molar-refractivity contribution in [1.82, 2.24) is 14.4 Å². The average molecular weight is 413 g/mol. The SMILES string of the molecule is Cc1cccc(NC(=O)N(CC(=O)N(Cc2cccn2C)CC(C)C)C(C)C)c1C. The number of aromatic nitrogens is 1. The van der Waals surface area contributed by atoms with Gasteiger partial charge in [-0.3, -0.25) is 4.79 Å². The summed E-state index contributed by atoms with van der Waals surface area (Å²) in [5.41, 5.74) is 4.00. The minimum Gasteiger partial charge on any atom is -0.353 e. The van der Waals surface area contributed by atoms with Gasteiger partial charge in [0.05, 0.1) is 6.54 Å². The molecule has 1 aromatic carbocycles. The molecule has 6 nitrogen and oxygen atoms in total. The van der Waals surface area contributed by atoms with E-state index >= 15 is 0 Å². The standard InChI is InChI=1S/C24H36N4O2/c1-17(2)14-27(15-21-11-9-13-26(21)7)23(29)16-28(18(3)4)24(30)25-22-12-8-10-19(5)20(22)6/h8-13,17-18H,14-16H2,1-7H3,(H,25,30). The fourth-order valence-corrected chi connectivity index (χ4v) is 3.36. The van der Waals surface area contributed by atoms with E-state index < -0.39 is 0 Å². The van der Waals surface area contributed by atoms with E-state index in [1.165, 1.54) is 0 Å². The summed E-state index contributed by atoms with van der Waals surface area (Å²) in [6, 6.07) is 9.47. The zero-order chi connectivity index (χ0) is 22.4. The number of carbonyl (C=O) groups excluding carboxylic acids is 2. The van der Waals surface area contributed by atoms with Crippen molar-refractivity contribution in [2.45, 2.75) is 54.1 Å². The fraction of sp³-hybridized carbons (Fsp3) is 0.500. The molecule has 2 rings (SSSR count). The number of nitrogens with zero attached hydrogens (tertiary/aromatic N) is 3. The minimum atomic E-state index is -0.254. The predicted octanol–water partition coefficient (Wildman–Crippen LogP) is 4.57. The molecule has 0 radical (unpaired) electrons. The van der Waals surface area contributed by atoms with Gasteiger partial charge in [-0.25, -0.2) is 4.79 Å². The molecule has 0 atom stereocenters. The summed E-state index contributed by atoms with van der Waals surface area (Å²) in [5, 5.41) is 2.98. The van der Waals surface area contributed by atoms with Crippen LogP contribution in [0.15, 0.2) is 36.5 Å². The van der Waals surface area contributed by atoms with Gasteiger partial charge in [0.2, 0.25) is 5.91 Å². The van der Waals surface area contributed by atoms with Crippen LogP contribution in [-0.2, 0) is 18.4 Å². The van der Waals surface area contributed by atoms with Gasteiger partial charge in [-0.05, 0) is 62.9 Å². The summed E-state index contributed by atoms with van der Waals surface area (Å²) in [7, 11) is 1.98. The Morgan fingerprint density at radius 2 is 1.77 bits per heavy atom. The smallest absolute Gasteiger partial charge is 0.322 e. The molecule has 0 saturated carbocycles. The molecule has 0 spiro atoms. The van der Waals surface area contributed by atoms with Crippen molar-refractivity contribution in [2.24, 2.45) is 13.0 Å². The number of rotatable bonds is 8. The molecule has 2 aromatic rings. The zero-order valence-corrected chi connectivity index (χ0v) is 19.4. The van der Waals surface area contributed by atoms with Gasteiger partial charge in [-0.1, -0.05) is 26.0 Å². The number of nitrogens with one attached hydrogen (secondary N) is 1. The third-order valence-corrected chi connectivity index (χ3v) is 5.38. The summed E-state index contributed by atoms with van der Waals surface area (Å²) in [6.07, 6.45) is 1.98. The van der Waals surface area contributed by atoms with Gasteiger partial charge in [-0.15, -0.1) is 0 Å². The van der Waals surface area contributed by atoms with Crippen molar-refractivity contribution in [3.05, 3.63) is 53.3 Å². The number of carbonyl (C=O) groups is 2. The third-order valence-electron chi connectivity index (χ3n) is 5.38. The first kappa shape index (κ1) is 23.5. The number of hydrogen-bond acceptors (Lipinski definition) is 2. The molecule has 6 heteroatoms. The number of aryl methyl sites for hydroxylation is 2. The first-order valence-corrected chi connectivity index (χ1v) is 10.6. The van der Waals surface area contributed by atoms with Crippen LogP contribution < -0.4 is 5.32 Å². The summed E-state index contributed by atoms with van der Waals surface area (Å²) >= 11 is 0. The minimum absolute atomic E-state index is 0.0466. The van der Waals surface area contributed by atoms with Crippen LogP contribution in [0, 0.1) is 19.8 Å². The first-order valence-electron chi connectivity index (χ1n) is 10.6. The molecule has 30 heavy (non-hydrogen) atoms. The quantitative estimate of drug-likeness (QED) is 0.690. The zero-order valence-electron chi connectivity index (χ0n) is 19.4. The van der Waals surface area contributed by atoms with Gasteiger partial charge < -0.3 is 19.7 Å². The Bertz CT molecular complexity index is 870. The molecule has 0 saturated heterocycles. The lowest BCUT2D eigenvalue weighted by Crippen LogP contribution is -2.48. The molecule has 0 aliphatic rings. The Hall–Kier alpha value is -2.76. The highest BCUT2D eigenvalue weighted by Crippen LogP contribution is 2.19. The van der Waals surface area contributed by atoms with Crippen LogP contribution in [0.25, 0.3) is 0 Å². The van der Waals surface area contributed by atoms with Crippen LogP contribution >= 0.6 is 0 Å². The van der Waals surface area contributed by atoms with Crippen molar-refractivity contribution in [1.29, 1.82) is 0 Å². The van der Waals surface area contributed by atoms with E-state index in [-0.39, 0.29) is 24.5 Å². The molecule has 0 aliphatic carbocycles. The van der Waals surface area contributed by atoms with Crippen molar-refractivity contribution < 1.29 is 9.59 Å². The van der Waals surface area contributed by atoms with Crippen LogP contribution in [0.5, 0.6) is 0 Å². The van der Waals surface area contributed by atoms with Crippen LogP contribution in [0.1, 0.15) is 44.5 Å². The molecular formula is C24H36N4O2. The fourth-order valence-electron chi connectivity index (χ4n) is 3.36. The average Bonchev–Trinajstić information content (AvgIpc) is 3.06. The Labute approximate surface area is 180 Å². The summed E-state index contributed by atoms with van der Waals surface area (Å²) in [4.78, 5) is 29.7. The van der Waals surface area contributed by atoms with Crippen molar-refractivity contribution >= 4 is 17.6 Å². The Balaban J connectivity index is 2.15. The third kappa shape index (κ3) is 6.12. The topological polar surface area (TPSA) is 57.6 Å².